The van der Waals surface area contributed by atoms with Crippen LogP contribution in [0.3, 0.4) is 0 Å². The fraction of sp³-hybridized carbons (Fsp3) is 1.00. The Morgan fingerprint density at radius 3 is 0.833 bits per heavy atom. The first-order chi connectivity index (χ1) is 26.4. The number of hydrogen-bond donors (Lipinski definition) is 2. The van der Waals surface area contributed by atoms with Crippen LogP contribution in [0, 0.1) is 0 Å². The summed E-state index contributed by atoms with van der Waals surface area (Å²) in [6.07, 6.45) is 0. The van der Waals surface area contributed by atoms with Gasteiger partial charge in [-0.15, -0.1) is 0 Å². The Bertz CT molecular complexity index is 823. The van der Waals surface area contributed by atoms with Crippen LogP contribution < -0.4 is 9.72 Å². The summed E-state index contributed by atoms with van der Waals surface area (Å²) in [7, 11) is -0.0413. The molecule has 0 spiro atoms. The zero-order valence-corrected chi connectivity index (χ0v) is 35.8. The Labute approximate surface area is 322 Å². The molecule has 0 saturated heterocycles. The van der Waals surface area contributed by atoms with E-state index in [-0.39, 0.29) is 87.8 Å². The van der Waals surface area contributed by atoms with Gasteiger partial charge in [-0.05, 0) is 0 Å². The van der Waals surface area contributed by atoms with Crippen molar-refractivity contribution in [2.45, 2.75) is 0 Å². The van der Waals surface area contributed by atoms with E-state index in [2.05, 4.69) is 9.72 Å². The van der Waals surface area contributed by atoms with Crippen LogP contribution >= 0.6 is 23.7 Å². The van der Waals surface area contributed by atoms with Crippen molar-refractivity contribution in [2.24, 2.45) is 4.52 Å². The fourth-order valence-corrected chi connectivity index (χ4v) is 14.8. The summed E-state index contributed by atoms with van der Waals surface area (Å²) >= 11 is 0. The van der Waals surface area contributed by atoms with Crippen molar-refractivity contribution in [1.29, 1.82) is 0 Å². The van der Waals surface area contributed by atoms with Crippen LogP contribution in [-0.2, 0) is 84.0 Å². The molecular formula is C30H68N3O18P3. The van der Waals surface area contributed by atoms with E-state index in [1.54, 1.807) is 42.7 Å². The molecule has 326 valence electrons. The van der Waals surface area contributed by atoms with E-state index in [0.29, 0.717) is 79.3 Å². The topological polar surface area (TPSA) is 203 Å². The zero-order valence-electron chi connectivity index (χ0n) is 33.1. The summed E-state index contributed by atoms with van der Waals surface area (Å²) < 4.78 is 110. The predicted molar refractivity (Wildman–Crippen MR) is 201 cm³/mol. The van der Waals surface area contributed by atoms with Gasteiger partial charge in [0, 0.05) is 0 Å². The van der Waals surface area contributed by atoms with Crippen molar-refractivity contribution in [1.82, 2.24) is 9.72 Å². The van der Waals surface area contributed by atoms with Gasteiger partial charge >= 0.3 is 323 Å². The normalized spacial score (nSPS) is 18.9. The first-order valence-electron chi connectivity index (χ1n) is 17.8. The van der Waals surface area contributed by atoms with Crippen molar-refractivity contribution in [3.63, 3.8) is 0 Å². The van der Waals surface area contributed by atoms with Crippen LogP contribution in [0.15, 0.2) is 4.52 Å². The van der Waals surface area contributed by atoms with Crippen molar-refractivity contribution < 1.29 is 84.0 Å². The Kier molecular flexibility index (Phi) is 31.9. The van der Waals surface area contributed by atoms with Gasteiger partial charge in [-0.25, -0.2) is 0 Å². The average molecular weight is 852 g/mol. The van der Waals surface area contributed by atoms with Crippen LogP contribution in [-0.4, -0.2) is 201 Å². The van der Waals surface area contributed by atoms with E-state index >= 15 is 0 Å². The monoisotopic (exact) mass is 851 g/mol. The summed E-state index contributed by atoms with van der Waals surface area (Å²) in [4.78, 5) is 6.64. The van der Waals surface area contributed by atoms with Crippen LogP contribution in [0.4, 0.5) is 0 Å². The molecule has 21 nitrogen and oxygen atoms in total. The van der Waals surface area contributed by atoms with Gasteiger partial charge in [-0.2, -0.15) is 0 Å². The quantitative estimate of drug-likeness (QED) is 0.0670. The van der Waals surface area contributed by atoms with Gasteiger partial charge in [-0.3, -0.25) is 0 Å². The molecule has 0 aliphatic carbocycles. The van der Waals surface area contributed by atoms with Gasteiger partial charge in [0.2, 0.25) is 0 Å². The van der Waals surface area contributed by atoms with Crippen LogP contribution in [0.2, 0.25) is 0 Å². The predicted octanol–water partition coefficient (Wildman–Crippen LogP) is 2.56. The molecule has 1 aliphatic rings. The van der Waals surface area contributed by atoms with Crippen molar-refractivity contribution in [3.05, 3.63) is 0 Å². The van der Waals surface area contributed by atoms with Gasteiger partial charge in [-0.1, -0.05) is 0 Å². The summed E-state index contributed by atoms with van der Waals surface area (Å²) in [6, 6.07) is 0. The van der Waals surface area contributed by atoms with Gasteiger partial charge < -0.3 is 0 Å². The minimum atomic E-state index is -4.94. The summed E-state index contributed by atoms with van der Waals surface area (Å²) in [6.45, 7) is 5.33. The second kappa shape index (κ2) is 33.0. The van der Waals surface area contributed by atoms with Crippen LogP contribution in [0.5, 0.6) is 0 Å². The molecule has 0 bridgehead atoms. The number of ether oxygens (including phenoxy) is 12. The second-order valence-corrected chi connectivity index (χ2v) is 18.3. The standard InChI is InChI=1S/C30H68N3O18P3/c1-34-7-13-40-19-25-46-53(47-26-20-41-14-8-35-2,48-27-21-42-15-9-36-3)31-52-32-54(33-53,49-28-22-43-16-10-37-4,50-29-23-44-17-11-38-5)51-30-24-45-18-12-39-6/h33H,7-30H2,1-6H3,(H,31,32). The Hall–Kier alpha value is 0.160. The molecule has 0 aromatic carbocycles. The van der Waals surface area contributed by atoms with E-state index in [1.807, 2.05) is 0 Å². The van der Waals surface area contributed by atoms with Gasteiger partial charge in [0.1, 0.15) is 0 Å². The Balaban J connectivity index is 3.67. The summed E-state index contributed by atoms with van der Waals surface area (Å²) in [5, 5.41) is 0. The van der Waals surface area contributed by atoms with E-state index in [0.717, 1.165) is 0 Å². The molecule has 0 fully saturated rings. The Morgan fingerprint density at radius 1 is 0.333 bits per heavy atom. The third-order valence-electron chi connectivity index (χ3n) is 6.65. The number of rotatable bonds is 42. The molecule has 1 rings (SSSR count). The van der Waals surface area contributed by atoms with Gasteiger partial charge in [0.05, 0.1) is 0 Å². The number of methoxy groups -OCH3 is 6. The first kappa shape index (κ1) is 52.2. The molecular weight excluding hydrogens is 783 g/mol. The Morgan fingerprint density at radius 2 is 0.574 bits per heavy atom. The van der Waals surface area contributed by atoms with E-state index in [9.17, 15) is 0 Å². The van der Waals surface area contributed by atoms with Gasteiger partial charge in [0.25, 0.3) is 0 Å². The molecule has 0 radical (unpaired) electrons. The third-order valence-corrected chi connectivity index (χ3v) is 16.6. The SMILES string of the molecule is COCCOCCOP1(OCCOCCOC)(OCCOCCOC)N=PNP(OCCOCCOC)(OCCOCCOC)(OCCOCCOC)N1. The van der Waals surface area contributed by atoms with Crippen LogP contribution in [0.1, 0.15) is 0 Å². The van der Waals surface area contributed by atoms with Crippen LogP contribution in [0.25, 0.3) is 0 Å². The molecule has 24 heteroatoms. The van der Waals surface area contributed by atoms with Crippen molar-refractivity contribution in [2.75, 3.05) is 201 Å². The number of hydrogen-bond acceptors (Lipinski definition) is 21. The zero-order chi connectivity index (χ0) is 39.4. The minimum absolute atomic E-state index is 0.000989. The fourth-order valence-electron chi connectivity index (χ4n) is 4.09. The first-order valence-corrected chi connectivity index (χ1v) is 22.5. The average Bonchev–Trinajstić information content (AvgIpc) is 3.17. The molecule has 2 N–H and O–H groups in total. The molecule has 0 aromatic rings. The molecule has 0 amide bonds. The number of nitrogens with one attached hydrogen (secondary N) is 2. The van der Waals surface area contributed by atoms with E-state index in [1.165, 1.54) is 0 Å². The third kappa shape index (κ3) is 22.3. The molecule has 0 aromatic heterocycles. The molecule has 1 heterocycles. The summed E-state index contributed by atoms with van der Waals surface area (Å²) in [5.74, 6) is 0. The van der Waals surface area contributed by atoms with Crippen molar-refractivity contribution >= 4 is 23.7 Å². The van der Waals surface area contributed by atoms with Crippen molar-refractivity contribution in [3.8, 4) is 0 Å². The van der Waals surface area contributed by atoms with Gasteiger partial charge in [0.15, 0.2) is 0 Å². The molecule has 54 heavy (non-hydrogen) atoms. The number of nitrogens with zero attached hydrogens (tertiary/aromatic N) is 1. The maximum absolute atomic E-state index is 6.67. The molecule has 1 aliphatic heterocycles. The molecule has 0 saturated carbocycles. The summed E-state index contributed by atoms with van der Waals surface area (Å²) in [5.41, 5.74) is 0. The maximum atomic E-state index is 6.67. The van der Waals surface area contributed by atoms with E-state index in [4.69, 9.17) is 88.5 Å². The second-order valence-electron chi connectivity index (χ2n) is 10.7. The van der Waals surface area contributed by atoms with E-state index < -0.39 is 15.2 Å². The molecule has 0 unspecified atom stereocenters. The molecule has 0 atom stereocenters.